The lowest BCUT2D eigenvalue weighted by molar-refractivity contribution is -0.142. The third-order valence-electron chi connectivity index (χ3n) is 1.99. The van der Waals surface area contributed by atoms with Gasteiger partial charge >= 0.3 is 5.97 Å². The summed E-state index contributed by atoms with van der Waals surface area (Å²) >= 11 is 0. The number of carbonyl (C=O) groups excluding carboxylic acids is 1. The second-order valence-corrected chi connectivity index (χ2v) is 3.09. The molecule has 0 radical (unpaired) electrons. The molecule has 1 rings (SSSR count). The molecule has 1 N–H and O–H groups in total. The molecule has 0 unspecified atom stereocenters. The maximum absolute atomic E-state index is 11.1. The van der Waals surface area contributed by atoms with Crippen molar-refractivity contribution in [2.24, 2.45) is 5.16 Å². The number of esters is 1. The monoisotopic (exact) mass is 222 g/mol. The van der Waals surface area contributed by atoms with E-state index in [1.807, 2.05) is 0 Å². The molecular weight excluding hydrogens is 208 g/mol. The molecule has 16 heavy (non-hydrogen) atoms. The highest BCUT2D eigenvalue weighted by molar-refractivity contribution is 6.01. The molecule has 0 spiro atoms. The van der Waals surface area contributed by atoms with Crippen LogP contribution >= 0.6 is 0 Å². The van der Waals surface area contributed by atoms with E-state index in [1.54, 1.807) is 31.5 Å². The molecule has 0 fully saturated rings. The molecule has 1 heterocycles. The maximum atomic E-state index is 11.1. The Kier molecular flexibility index (Phi) is 4.98. The zero-order valence-corrected chi connectivity index (χ0v) is 9.09. The molecule has 0 aromatic carbocycles. The van der Waals surface area contributed by atoms with E-state index in [0.29, 0.717) is 24.3 Å². The van der Waals surface area contributed by atoms with Crippen LogP contribution in [0.25, 0.3) is 0 Å². The van der Waals surface area contributed by atoms with Gasteiger partial charge in [0.15, 0.2) is 0 Å². The molecular formula is C11H14N2O3. The molecule has 0 bridgehead atoms. The third kappa shape index (κ3) is 3.68. The van der Waals surface area contributed by atoms with Gasteiger partial charge in [0.2, 0.25) is 0 Å². The SMILES string of the molecule is CCOC(=O)CC/C(=N\O)c1cccnc1. The molecule has 86 valence electrons. The second kappa shape index (κ2) is 6.55. The molecule has 0 atom stereocenters. The summed E-state index contributed by atoms with van der Waals surface area (Å²) in [6.45, 7) is 2.11. The van der Waals surface area contributed by atoms with Crippen molar-refractivity contribution < 1.29 is 14.7 Å². The van der Waals surface area contributed by atoms with Gasteiger partial charge in [-0.1, -0.05) is 5.16 Å². The van der Waals surface area contributed by atoms with Crippen molar-refractivity contribution in [1.82, 2.24) is 4.98 Å². The Hall–Kier alpha value is -1.91. The molecule has 0 aliphatic heterocycles. The van der Waals surface area contributed by atoms with Gasteiger partial charge in [-0.3, -0.25) is 9.78 Å². The van der Waals surface area contributed by atoms with Crippen LogP contribution in [-0.2, 0) is 9.53 Å². The van der Waals surface area contributed by atoms with Gasteiger partial charge in [-0.25, -0.2) is 0 Å². The number of pyridine rings is 1. The lowest BCUT2D eigenvalue weighted by Gasteiger charge is -2.03. The van der Waals surface area contributed by atoms with E-state index in [1.165, 1.54) is 0 Å². The Balaban J connectivity index is 2.55. The van der Waals surface area contributed by atoms with Crippen molar-refractivity contribution in [3.63, 3.8) is 0 Å². The highest BCUT2D eigenvalue weighted by atomic mass is 16.5. The van der Waals surface area contributed by atoms with Gasteiger partial charge in [0.25, 0.3) is 0 Å². The number of nitrogens with zero attached hydrogens (tertiary/aromatic N) is 2. The van der Waals surface area contributed by atoms with E-state index >= 15 is 0 Å². The second-order valence-electron chi connectivity index (χ2n) is 3.09. The predicted molar refractivity (Wildman–Crippen MR) is 58.4 cm³/mol. The lowest BCUT2D eigenvalue weighted by atomic mass is 10.1. The van der Waals surface area contributed by atoms with E-state index in [9.17, 15) is 4.79 Å². The van der Waals surface area contributed by atoms with Crippen molar-refractivity contribution in [3.05, 3.63) is 30.1 Å². The fourth-order valence-electron chi connectivity index (χ4n) is 1.24. The average Bonchev–Trinajstić information content (AvgIpc) is 2.31. The predicted octanol–water partition coefficient (Wildman–Crippen LogP) is 1.60. The van der Waals surface area contributed by atoms with Crippen LogP contribution in [0.15, 0.2) is 29.7 Å². The molecule has 0 saturated carbocycles. The summed E-state index contributed by atoms with van der Waals surface area (Å²) in [5.74, 6) is -0.299. The Morgan fingerprint density at radius 2 is 2.38 bits per heavy atom. The van der Waals surface area contributed by atoms with Crippen molar-refractivity contribution in [2.75, 3.05) is 6.61 Å². The van der Waals surface area contributed by atoms with Gasteiger partial charge in [-0.2, -0.15) is 0 Å². The van der Waals surface area contributed by atoms with Crippen LogP contribution in [0.1, 0.15) is 25.3 Å². The minimum absolute atomic E-state index is 0.197. The smallest absolute Gasteiger partial charge is 0.306 e. The van der Waals surface area contributed by atoms with Gasteiger partial charge < -0.3 is 9.94 Å². The number of carbonyl (C=O) groups is 1. The molecule has 0 amide bonds. The lowest BCUT2D eigenvalue weighted by Crippen LogP contribution is -2.09. The number of aromatic nitrogens is 1. The van der Waals surface area contributed by atoms with E-state index < -0.39 is 0 Å². The van der Waals surface area contributed by atoms with Crippen LogP contribution in [0.4, 0.5) is 0 Å². The molecule has 5 nitrogen and oxygen atoms in total. The summed E-state index contributed by atoms with van der Waals surface area (Å²) in [7, 11) is 0. The van der Waals surface area contributed by atoms with Gasteiger partial charge in [-0.05, 0) is 19.1 Å². The summed E-state index contributed by atoms with van der Waals surface area (Å²) in [5, 5.41) is 12.0. The largest absolute Gasteiger partial charge is 0.466 e. The Bertz CT molecular complexity index is 363. The molecule has 5 heteroatoms. The van der Waals surface area contributed by atoms with E-state index in [2.05, 4.69) is 10.1 Å². The van der Waals surface area contributed by atoms with Crippen LogP contribution in [0, 0.1) is 0 Å². The Morgan fingerprint density at radius 3 is 2.94 bits per heavy atom. The third-order valence-corrected chi connectivity index (χ3v) is 1.99. The Morgan fingerprint density at radius 1 is 1.56 bits per heavy atom. The zero-order valence-electron chi connectivity index (χ0n) is 9.09. The highest BCUT2D eigenvalue weighted by Gasteiger charge is 2.08. The van der Waals surface area contributed by atoms with Crippen LogP contribution in [0.5, 0.6) is 0 Å². The first-order valence-electron chi connectivity index (χ1n) is 5.05. The fraction of sp³-hybridized carbons (Fsp3) is 0.364. The number of hydrogen-bond donors (Lipinski definition) is 1. The van der Waals surface area contributed by atoms with Crippen molar-refractivity contribution in [1.29, 1.82) is 0 Å². The van der Waals surface area contributed by atoms with Gasteiger partial charge in [-0.15, -0.1) is 0 Å². The summed E-state index contributed by atoms with van der Waals surface area (Å²) in [6, 6.07) is 3.51. The first kappa shape index (κ1) is 12.2. The number of oxime groups is 1. The number of hydrogen-bond acceptors (Lipinski definition) is 5. The quantitative estimate of drug-likeness (QED) is 0.355. The van der Waals surface area contributed by atoms with Gasteiger partial charge in [0, 0.05) is 24.4 Å². The number of ether oxygens (including phenoxy) is 1. The first-order valence-corrected chi connectivity index (χ1v) is 5.05. The molecule has 1 aromatic rings. The van der Waals surface area contributed by atoms with Crippen LogP contribution < -0.4 is 0 Å². The summed E-state index contributed by atoms with van der Waals surface area (Å²) in [5.41, 5.74) is 1.13. The van der Waals surface area contributed by atoms with Crippen molar-refractivity contribution in [3.8, 4) is 0 Å². The van der Waals surface area contributed by atoms with Crippen LogP contribution in [0.3, 0.4) is 0 Å². The standard InChI is InChI=1S/C11H14N2O3/c1-2-16-11(14)6-5-10(13-15)9-4-3-7-12-8-9/h3-4,7-8,15H,2,5-6H2,1H3/b13-10+. The zero-order chi connectivity index (χ0) is 11.8. The topological polar surface area (TPSA) is 71.8 Å². The Labute approximate surface area is 93.8 Å². The summed E-state index contributed by atoms with van der Waals surface area (Å²) in [4.78, 5) is 15.0. The normalized spacial score (nSPS) is 11.2. The molecule has 0 aliphatic rings. The van der Waals surface area contributed by atoms with Crippen LogP contribution in [0.2, 0.25) is 0 Å². The van der Waals surface area contributed by atoms with Gasteiger partial charge in [0.05, 0.1) is 18.7 Å². The average molecular weight is 222 g/mol. The first-order chi connectivity index (χ1) is 7.77. The summed E-state index contributed by atoms with van der Waals surface area (Å²) < 4.78 is 4.78. The molecule has 0 aliphatic carbocycles. The maximum Gasteiger partial charge on any atom is 0.306 e. The molecule has 0 saturated heterocycles. The van der Waals surface area contributed by atoms with Crippen LogP contribution in [-0.4, -0.2) is 28.5 Å². The summed E-state index contributed by atoms with van der Waals surface area (Å²) in [6.07, 6.45) is 3.74. The molecule has 1 aromatic heterocycles. The van der Waals surface area contributed by atoms with Crippen molar-refractivity contribution in [2.45, 2.75) is 19.8 Å². The minimum atomic E-state index is -0.299. The minimum Gasteiger partial charge on any atom is -0.466 e. The number of rotatable bonds is 5. The van der Waals surface area contributed by atoms with E-state index in [4.69, 9.17) is 9.94 Å². The van der Waals surface area contributed by atoms with E-state index in [-0.39, 0.29) is 12.4 Å². The van der Waals surface area contributed by atoms with Gasteiger partial charge in [0.1, 0.15) is 0 Å². The fourth-order valence-corrected chi connectivity index (χ4v) is 1.24. The highest BCUT2D eigenvalue weighted by Crippen LogP contribution is 2.05. The van der Waals surface area contributed by atoms with E-state index in [0.717, 1.165) is 0 Å². The van der Waals surface area contributed by atoms with Crippen molar-refractivity contribution >= 4 is 11.7 Å².